The Bertz CT molecular complexity index is 387. The molecule has 1 unspecified atom stereocenters. The minimum Gasteiger partial charge on any atom is -0.349 e. The summed E-state index contributed by atoms with van der Waals surface area (Å²) in [6.45, 7) is 6.88. The minimum absolute atomic E-state index is 0.149. The molecule has 0 radical (unpaired) electrons. The number of carbonyl (C=O) groups is 1. The van der Waals surface area contributed by atoms with E-state index in [9.17, 15) is 4.79 Å². The van der Waals surface area contributed by atoms with Crippen molar-refractivity contribution in [2.24, 2.45) is 0 Å². The molecule has 1 atom stereocenters. The van der Waals surface area contributed by atoms with Crippen LogP contribution in [0.4, 0.5) is 0 Å². The van der Waals surface area contributed by atoms with Gasteiger partial charge in [-0.25, -0.2) is 4.98 Å². The molecule has 0 aliphatic rings. The highest BCUT2D eigenvalue weighted by atomic mass is 32.1. The minimum atomic E-state index is 0.149. The number of hydrogen-bond acceptors (Lipinski definition) is 4. The first kappa shape index (κ1) is 14.1. The summed E-state index contributed by atoms with van der Waals surface area (Å²) in [5, 5.41) is 4.43. The van der Waals surface area contributed by atoms with Gasteiger partial charge in [0.15, 0.2) is 0 Å². The lowest BCUT2D eigenvalue weighted by molar-refractivity contribution is -0.128. The Morgan fingerprint density at radius 3 is 2.59 bits per heavy atom. The second-order valence-electron chi connectivity index (χ2n) is 4.39. The summed E-state index contributed by atoms with van der Waals surface area (Å²) in [6.07, 6.45) is 0.527. The normalized spacial score (nSPS) is 12.5. The van der Waals surface area contributed by atoms with Crippen LogP contribution in [0.3, 0.4) is 0 Å². The van der Waals surface area contributed by atoms with Crippen molar-refractivity contribution in [3.05, 3.63) is 15.6 Å². The molecule has 4 nitrogen and oxygen atoms in total. The first-order valence-corrected chi connectivity index (χ1v) is 6.61. The smallest absolute Gasteiger partial charge is 0.223 e. The van der Waals surface area contributed by atoms with Gasteiger partial charge < -0.3 is 10.2 Å². The molecule has 0 saturated heterocycles. The largest absolute Gasteiger partial charge is 0.349 e. The molecule has 1 rings (SSSR count). The van der Waals surface area contributed by atoms with E-state index in [0.29, 0.717) is 13.0 Å². The summed E-state index contributed by atoms with van der Waals surface area (Å²) >= 11 is 1.72. The molecule has 0 aliphatic carbocycles. The topological polar surface area (TPSA) is 45.2 Å². The number of aromatic nitrogens is 1. The van der Waals surface area contributed by atoms with Gasteiger partial charge in [0.05, 0.1) is 10.7 Å². The SMILES string of the molecule is Cc1nc(C(C)NCCC(=O)N(C)C)c(C)s1. The van der Waals surface area contributed by atoms with E-state index >= 15 is 0 Å². The van der Waals surface area contributed by atoms with Crippen LogP contribution in [0.25, 0.3) is 0 Å². The van der Waals surface area contributed by atoms with Crippen molar-refractivity contribution in [1.82, 2.24) is 15.2 Å². The molecule has 17 heavy (non-hydrogen) atoms. The van der Waals surface area contributed by atoms with Crippen LogP contribution in [-0.4, -0.2) is 36.4 Å². The van der Waals surface area contributed by atoms with E-state index in [-0.39, 0.29) is 11.9 Å². The van der Waals surface area contributed by atoms with Crippen molar-refractivity contribution in [3.8, 4) is 0 Å². The van der Waals surface area contributed by atoms with E-state index in [0.717, 1.165) is 10.7 Å². The molecule has 0 fully saturated rings. The molecular formula is C12H21N3OS. The molecule has 1 aromatic heterocycles. The van der Waals surface area contributed by atoms with E-state index in [2.05, 4.69) is 24.1 Å². The monoisotopic (exact) mass is 255 g/mol. The third-order valence-electron chi connectivity index (χ3n) is 2.64. The van der Waals surface area contributed by atoms with Crippen molar-refractivity contribution in [3.63, 3.8) is 0 Å². The van der Waals surface area contributed by atoms with Crippen LogP contribution in [0.5, 0.6) is 0 Å². The Balaban J connectivity index is 2.42. The number of carbonyl (C=O) groups excluding carboxylic acids is 1. The average Bonchev–Trinajstić information content (AvgIpc) is 2.57. The molecule has 1 amide bonds. The second-order valence-corrected chi connectivity index (χ2v) is 5.80. The Kier molecular flexibility index (Phi) is 5.08. The summed E-state index contributed by atoms with van der Waals surface area (Å²) in [5.41, 5.74) is 1.10. The second kappa shape index (κ2) is 6.12. The maximum Gasteiger partial charge on any atom is 0.223 e. The Hall–Kier alpha value is -0.940. The number of nitrogens with zero attached hydrogens (tertiary/aromatic N) is 2. The summed E-state index contributed by atoms with van der Waals surface area (Å²) in [7, 11) is 3.55. The highest BCUT2D eigenvalue weighted by Crippen LogP contribution is 2.22. The molecule has 1 N–H and O–H groups in total. The van der Waals surface area contributed by atoms with Gasteiger partial charge in [-0.1, -0.05) is 0 Å². The van der Waals surface area contributed by atoms with Gasteiger partial charge in [-0.05, 0) is 20.8 Å². The summed E-state index contributed by atoms with van der Waals surface area (Å²) in [5.74, 6) is 0.149. The Morgan fingerprint density at radius 1 is 1.47 bits per heavy atom. The predicted octanol–water partition coefficient (Wildman–Crippen LogP) is 1.89. The van der Waals surface area contributed by atoms with Gasteiger partial charge in [0.2, 0.25) is 5.91 Å². The van der Waals surface area contributed by atoms with Crippen molar-refractivity contribution in [2.75, 3.05) is 20.6 Å². The Morgan fingerprint density at radius 2 is 2.12 bits per heavy atom. The lowest BCUT2D eigenvalue weighted by Gasteiger charge is -2.14. The van der Waals surface area contributed by atoms with Crippen molar-refractivity contribution in [1.29, 1.82) is 0 Å². The zero-order valence-corrected chi connectivity index (χ0v) is 12.0. The third-order valence-corrected chi connectivity index (χ3v) is 3.54. The molecule has 1 aromatic rings. The molecule has 0 spiro atoms. The molecule has 0 aromatic carbocycles. The molecule has 0 aliphatic heterocycles. The molecule has 0 saturated carbocycles. The van der Waals surface area contributed by atoms with Gasteiger partial charge >= 0.3 is 0 Å². The third kappa shape index (κ3) is 4.09. The number of aryl methyl sites for hydroxylation is 2. The summed E-state index contributed by atoms with van der Waals surface area (Å²) in [6, 6.07) is 0.204. The zero-order chi connectivity index (χ0) is 13.0. The maximum atomic E-state index is 11.4. The van der Waals surface area contributed by atoms with Gasteiger partial charge in [-0.3, -0.25) is 4.79 Å². The number of nitrogens with one attached hydrogen (secondary N) is 1. The number of amides is 1. The van der Waals surface area contributed by atoms with Crippen LogP contribution in [0.1, 0.15) is 35.0 Å². The van der Waals surface area contributed by atoms with Crippen LogP contribution >= 0.6 is 11.3 Å². The van der Waals surface area contributed by atoms with E-state index in [4.69, 9.17) is 0 Å². The summed E-state index contributed by atoms with van der Waals surface area (Å²) < 4.78 is 0. The van der Waals surface area contributed by atoms with Gasteiger partial charge in [0, 0.05) is 38.0 Å². The number of thiazole rings is 1. The first-order valence-electron chi connectivity index (χ1n) is 5.79. The Labute approximate surface area is 107 Å². The fourth-order valence-electron chi connectivity index (χ4n) is 1.66. The van der Waals surface area contributed by atoms with Crippen molar-refractivity contribution in [2.45, 2.75) is 33.2 Å². The van der Waals surface area contributed by atoms with Gasteiger partial charge in [0.25, 0.3) is 0 Å². The van der Waals surface area contributed by atoms with Crippen LogP contribution in [0, 0.1) is 13.8 Å². The van der Waals surface area contributed by atoms with Gasteiger partial charge in [-0.15, -0.1) is 11.3 Å². The molecule has 0 bridgehead atoms. The van der Waals surface area contributed by atoms with Crippen LogP contribution < -0.4 is 5.32 Å². The zero-order valence-electron chi connectivity index (χ0n) is 11.2. The summed E-state index contributed by atoms with van der Waals surface area (Å²) in [4.78, 5) is 18.8. The number of hydrogen-bond donors (Lipinski definition) is 1. The highest BCUT2D eigenvalue weighted by Gasteiger charge is 2.13. The van der Waals surface area contributed by atoms with Gasteiger partial charge in [-0.2, -0.15) is 0 Å². The molecule has 96 valence electrons. The van der Waals surface area contributed by atoms with E-state index in [1.807, 2.05) is 6.92 Å². The van der Waals surface area contributed by atoms with E-state index < -0.39 is 0 Å². The lowest BCUT2D eigenvalue weighted by atomic mass is 10.2. The highest BCUT2D eigenvalue weighted by molar-refractivity contribution is 7.11. The molecule has 1 heterocycles. The molecule has 5 heteroatoms. The fourth-order valence-corrected chi connectivity index (χ4v) is 2.58. The quantitative estimate of drug-likeness (QED) is 0.874. The standard InChI is InChI=1S/C12H21N3OS/c1-8(12-9(2)17-10(3)14-12)13-7-6-11(16)15(4)5/h8,13H,6-7H2,1-5H3. The molecular weight excluding hydrogens is 234 g/mol. The fraction of sp³-hybridized carbons (Fsp3) is 0.667. The van der Waals surface area contributed by atoms with Crippen LogP contribution in [-0.2, 0) is 4.79 Å². The maximum absolute atomic E-state index is 11.4. The first-order chi connectivity index (χ1) is 7.91. The lowest BCUT2D eigenvalue weighted by Crippen LogP contribution is -2.28. The predicted molar refractivity (Wildman–Crippen MR) is 71.3 cm³/mol. The van der Waals surface area contributed by atoms with E-state index in [1.54, 1.807) is 30.3 Å². The van der Waals surface area contributed by atoms with Crippen molar-refractivity contribution < 1.29 is 4.79 Å². The van der Waals surface area contributed by atoms with Crippen molar-refractivity contribution >= 4 is 17.2 Å². The van der Waals surface area contributed by atoms with Gasteiger partial charge in [0.1, 0.15) is 0 Å². The van der Waals surface area contributed by atoms with E-state index in [1.165, 1.54) is 4.88 Å². The average molecular weight is 255 g/mol. The van der Waals surface area contributed by atoms with Crippen LogP contribution in [0.2, 0.25) is 0 Å². The van der Waals surface area contributed by atoms with Crippen LogP contribution in [0.15, 0.2) is 0 Å². The number of rotatable bonds is 5.